The summed E-state index contributed by atoms with van der Waals surface area (Å²) in [4.78, 5) is 0. The van der Waals surface area contributed by atoms with Crippen LogP contribution in [0.3, 0.4) is 0 Å². The lowest BCUT2D eigenvalue weighted by Crippen LogP contribution is -2.41. The van der Waals surface area contributed by atoms with E-state index in [4.69, 9.17) is 9.31 Å². The minimum Gasteiger partial charge on any atom is -0.399 e. The van der Waals surface area contributed by atoms with E-state index in [1.54, 1.807) is 0 Å². The summed E-state index contributed by atoms with van der Waals surface area (Å²) < 4.78 is 18.0. The molecule has 1 aliphatic rings. The summed E-state index contributed by atoms with van der Waals surface area (Å²) in [5, 5.41) is 5.01. The summed E-state index contributed by atoms with van der Waals surface area (Å²) in [5.41, 5.74) is 8.72. The molecule has 0 unspecified atom stereocenters. The zero-order valence-electron chi connectivity index (χ0n) is 27.0. The summed E-state index contributed by atoms with van der Waals surface area (Å²) in [5.74, 6) is 0. The van der Waals surface area contributed by atoms with E-state index in [0.29, 0.717) is 0 Å². The van der Waals surface area contributed by atoms with Crippen LogP contribution >= 0.6 is 11.3 Å². The SMILES string of the molecule is CC1(C)OB(c2ccc3c(c2)c2cc(-c4cccc5c4sc4c(-c6ccccc6)cccc45)ccc2n3-c2ccccc2)OC1(C)C. The lowest BCUT2D eigenvalue weighted by Gasteiger charge is -2.32. The van der Waals surface area contributed by atoms with Crippen molar-refractivity contribution < 1.29 is 9.31 Å². The molecule has 0 spiro atoms. The number of rotatable bonds is 4. The third kappa shape index (κ3) is 4.41. The van der Waals surface area contributed by atoms with Crippen LogP contribution in [0.25, 0.3) is 69.9 Å². The molecule has 8 aromatic rings. The van der Waals surface area contributed by atoms with E-state index in [1.807, 2.05) is 11.3 Å². The predicted molar refractivity (Wildman–Crippen MR) is 200 cm³/mol. The second kappa shape index (κ2) is 10.4. The van der Waals surface area contributed by atoms with Crippen LogP contribution in [0.5, 0.6) is 0 Å². The smallest absolute Gasteiger partial charge is 0.399 e. The van der Waals surface area contributed by atoms with E-state index in [9.17, 15) is 0 Å². The minimum absolute atomic E-state index is 0.402. The number of aromatic nitrogens is 1. The quantitative estimate of drug-likeness (QED) is 0.181. The van der Waals surface area contributed by atoms with Crippen LogP contribution in [0.1, 0.15) is 27.7 Å². The Bertz CT molecular complexity index is 2460. The summed E-state index contributed by atoms with van der Waals surface area (Å²) in [6.07, 6.45) is 0. The van der Waals surface area contributed by atoms with Gasteiger partial charge in [-0.1, -0.05) is 103 Å². The van der Waals surface area contributed by atoms with Gasteiger partial charge in [0.15, 0.2) is 0 Å². The van der Waals surface area contributed by atoms with E-state index in [0.717, 1.165) is 16.7 Å². The van der Waals surface area contributed by atoms with E-state index < -0.39 is 18.3 Å². The number of nitrogens with zero attached hydrogens (tertiary/aromatic N) is 1. The van der Waals surface area contributed by atoms with E-state index in [1.165, 1.54) is 58.7 Å². The molecule has 2 aromatic heterocycles. The van der Waals surface area contributed by atoms with Gasteiger partial charge in [-0.05, 0) is 85.7 Å². The standard InChI is InChI=1S/C42H34BNO2S/c1-41(2)42(3,4)46-43(45-41)29-22-24-38-36(26-29)35-25-28(21-23-37(35)44(38)30-15-9-6-10-16-30)32-18-12-20-34-33-19-11-17-31(39(33)47-40(32)34)27-13-7-5-8-14-27/h5-26H,1-4H3. The van der Waals surface area contributed by atoms with Crippen LogP contribution in [0.15, 0.2) is 133 Å². The first kappa shape index (κ1) is 28.5. The summed E-state index contributed by atoms with van der Waals surface area (Å²) in [6, 6.07) is 48.4. The van der Waals surface area contributed by atoms with Crippen molar-refractivity contribution in [3.05, 3.63) is 133 Å². The maximum atomic E-state index is 6.49. The van der Waals surface area contributed by atoms with Crippen molar-refractivity contribution in [2.45, 2.75) is 38.9 Å². The first-order valence-corrected chi connectivity index (χ1v) is 17.1. The number of hydrogen-bond acceptors (Lipinski definition) is 3. The predicted octanol–water partition coefficient (Wildman–Crippen LogP) is 10.8. The number of benzene rings is 6. The second-order valence-electron chi connectivity index (χ2n) is 13.6. The molecule has 1 saturated heterocycles. The lowest BCUT2D eigenvalue weighted by atomic mass is 9.78. The topological polar surface area (TPSA) is 23.4 Å². The molecule has 228 valence electrons. The molecule has 0 bridgehead atoms. The molecule has 1 fully saturated rings. The molecule has 0 aliphatic carbocycles. The van der Waals surface area contributed by atoms with Crippen LogP contribution in [0, 0.1) is 0 Å². The van der Waals surface area contributed by atoms with Gasteiger partial charge in [0, 0.05) is 36.6 Å². The molecule has 3 nitrogen and oxygen atoms in total. The molecule has 0 radical (unpaired) electrons. The first-order valence-electron chi connectivity index (χ1n) is 16.3. The zero-order chi connectivity index (χ0) is 31.9. The van der Waals surface area contributed by atoms with Gasteiger partial charge in [-0.2, -0.15) is 0 Å². The molecular weight excluding hydrogens is 593 g/mol. The van der Waals surface area contributed by atoms with E-state index in [2.05, 4.69) is 166 Å². The Morgan fingerprint density at radius 1 is 0.511 bits per heavy atom. The van der Waals surface area contributed by atoms with E-state index >= 15 is 0 Å². The van der Waals surface area contributed by atoms with Gasteiger partial charge in [-0.15, -0.1) is 11.3 Å². The van der Waals surface area contributed by atoms with Gasteiger partial charge in [-0.25, -0.2) is 0 Å². The van der Waals surface area contributed by atoms with Crippen molar-refractivity contribution >= 4 is 65.9 Å². The number of thiophene rings is 1. The lowest BCUT2D eigenvalue weighted by molar-refractivity contribution is 0.00578. The molecular formula is C42H34BNO2S. The highest BCUT2D eigenvalue weighted by molar-refractivity contribution is 7.26. The molecule has 47 heavy (non-hydrogen) atoms. The summed E-state index contributed by atoms with van der Waals surface area (Å²) >= 11 is 1.90. The Morgan fingerprint density at radius 2 is 1.06 bits per heavy atom. The van der Waals surface area contributed by atoms with Crippen LogP contribution in [0.4, 0.5) is 0 Å². The van der Waals surface area contributed by atoms with Crippen LogP contribution in [-0.4, -0.2) is 22.9 Å². The number of para-hydroxylation sites is 1. The number of fused-ring (bicyclic) bond motifs is 6. The molecule has 1 aliphatic heterocycles. The molecule has 3 heterocycles. The Labute approximate surface area is 279 Å². The highest BCUT2D eigenvalue weighted by Crippen LogP contribution is 2.45. The monoisotopic (exact) mass is 627 g/mol. The summed E-state index contributed by atoms with van der Waals surface area (Å²) in [6.45, 7) is 8.43. The third-order valence-electron chi connectivity index (χ3n) is 10.2. The molecule has 6 aromatic carbocycles. The zero-order valence-corrected chi connectivity index (χ0v) is 27.8. The fourth-order valence-electron chi connectivity index (χ4n) is 7.08. The third-order valence-corrected chi connectivity index (χ3v) is 11.5. The average molecular weight is 628 g/mol. The Morgan fingerprint density at radius 3 is 1.70 bits per heavy atom. The number of hydrogen-bond donors (Lipinski definition) is 0. The highest BCUT2D eigenvalue weighted by Gasteiger charge is 2.51. The van der Waals surface area contributed by atoms with Crippen molar-refractivity contribution in [1.29, 1.82) is 0 Å². The first-order chi connectivity index (χ1) is 22.8. The molecule has 9 rings (SSSR count). The van der Waals surface area contributed by atoms with Gasteiger partial charge >= 0.3 is 7.12 Å². The second-order valence-corrected chi connectivity index (χ2v) is 14.6. The van der Waals surface area contributed by atoms with Crippen LogP contribution in [0.2, 0.25) is 0 Å². The summed E-state index contributed by atoms with van der Waals surface area (Å²) in [7, 11) is -0.422. The Hall–Kier alpha value is -4.68. The Balaban J connectivity index is 1.26. The van der Waals surface area contributed by atoms with Crippen LogP contribution in [-0.2, 0) is 9.31 Å². The van der Waals surface area contributed by atoms with Crippen molar-refractivity contribution in [3.63, 3.8) is 0 Å². The Kier molecular flexibility index (Phi) is 6.32. The highest BCUT2D eigenvalue weighted by atomic mass is 32.1. The van der Waals surface area contributed by atoms with Gasteiger partial charge in [0.1, 0.15) is 0 Å². The molecule has 0 saturated carbocycles. The van der Waals surface area contributed by atoms with Gasteiger partial charge in [0.05, 0.1) is 22.2 Å². The van der Waals surface area contributed by atoms with Crippen molar-refractivity contribution in [2.24, 2.45) is 0 Å². The van der Waals surface area contributed by atoms with Crippen LogP contribution < -0.4 is 5.46 Å². The molecule has 0 atom stereocenters. The average Bonchev–Trinajstić information content (AvgIpc) is 3.70. The molecule has 0 amide bonds. The maximum absolute atomic E-state index is 6.49. The normalized spacial score (nSPS) is 15.8. The molecule has 0 N–H and O–H groups in total. The van der Waals surface area contributed by atoms with E-state index in [-0.39, 0.29) is 0 Å². The fraction of sp³-hybridized carbons (Fsp3) is 0.143. The van der Waals surface area contributed by atoms with Gasteiger partial charge in [0.25, 0.3) is 0 Å². The fourth-order valence-corrected chi connectivity index (χ4v) is 8.45. The minimum atomic E-state index is -0.422. The van der Waals surface area contributed by atoms with Crippen molar-refractivity contribution in [1.82, 2.24) is 4.57 Å². The van der Waals surface area contributed by atoms with Gasteiger partial charge in [0.2, 0.25) is 0 Å². The van der Waals surface area contributed by atoms with Crippen molar-refractivity contribution in [2.75, 3.05) is 0 Å². The van der Waals surface area contributed by atoms with Crippen molar-refractivity contribution in [3.8, 4) is 27.9 Å². The van der Waals surface area contributed by atoms with Gasteiger partial charge in [-0.3, -0.25) is 0 Å². The van der Waals surface area contributed by atoms with Gasteiger partial charge < -0.3 is 13.9 Å². The molecule has 5 heteroatoms. The maximum Gasteiger partial charge on any atom is 0.494 e. The largest absolute Gasteiger partial charge is 0.494 e.